The number of benzene rings is 1. The summed E-state index contributed by atoms with van der Waals surface area (Å²) >= 11 is 5.80. The van der Waals surface area contributed by atoms with Gasteiger partial charge in [-0.05, 0) is 37.2 Å². The normalized spacial score (nSPS) is 9.00. The van der Waals surface area contributed by atoms with Crippen LogP contribution >= 0.6 is 11.6 Å². The first-order valence-electron chi connectivity index (χ1n) is 4.63. The van der Waals surface area contributed by atoms with Gasteiger partial charge in [0.1, 0.15) is 0 Å². The summed E-state index contributed by atoms with van der Waals surface area (Å²) in [7, 11) is 1.94. The average Bonchev–Trinajstić information content (AvgIpc) is 2.14. The molecule has 74 valence electrons. The predicted octanol–water partition coefficient (Wildman–Crippen LogP) is 3.39. The van der Waals surface area contributed by atoms with E-state index in [1.807, 2.05) is 39.1 Å². The Morgan fingerprint density at radius 1 is 1.31 bits per heavy atom. The monoisotopic (exact) mass is 199 g/mol. The van der Waals surface area contributed by atoms with Crippen LogP contribution in [0.4, 0.5) is 0 Å². The van der Waals surface area contributed by atoms with Crippen molar-refractivity contribution in [2.75, 3.05) is 7.05 Å². The van der Waals surface area contributed by atoms with Crippen LogP contribution in [0.5, 0.6) is 0 Å². The molecule has 0 bridgehead atoms. The van der Waals surface area contributed by atoms with E-state index >= 15 is 0 Å². The molecule has 1 aromatic rings. The Morgan fingerprint density at radius 3 is 2.38 bits per heavy atom. The van der Waals surface area contributed by atoms with Gasteiger partial charge >= 0.3 is 0 Å². The molecule has 13 heavy (non-hydrogen) atoms. The molecule has 1 aromatic carbocycles. The van der Waals surface area contributed by atoms with Gasteiger partial charge in [-0.25, -0.2) is 0 Å². The molecule has 0 fully saturated rings. The third-order valence-electron chi connectivity index (χ3n) is 1.67. The van der Waals surface area contributed by atoms with Crippen LogP contribution in [0.1, 0.15) is 25.0 Å². The fourth-order valence-corrected chi connectivity index (χ4v) is 1.27. The van der Waals surface area contributed by atoms with Gasteiger partial charge in [0.15, 0.2) is 0 Å². The van der Waals surface area contributed by atoms with Crippen molar-refractivity contribution in [3.63, 3.8) is 0 Å². The Kier molecular flexibility index (Phi) is 6.65. The maximum atomic E-state index is 5.80. The summed E-state index contributed by atoms with van der Waals surface area (Å²) in [6.45, 7) is 6.97. The van der Waals surface area contributed by atoms with E-state index in [-0.39, 0.29) is 0 Å². The van der Waals surface area contributed by atoms with Gasteiger partial charge in [-0.1, -0.05) is 31.5 Å². The third-order valence-corrected chi connectivity index (χ3v) is 1.91. The van der Waals surface area contributed by atoms with Crippen molar-refractivity contribution in [2.24, 2.45) is 0 Å². The van der Waals surface area contributed by atoms with Crippen LogP contribution in [0.25, 0.3) is 0 Å². The molecule has 0 spiro atoms. The van der Waals surface area contributed by atoms with E-state index in [9.17, 15) is 0 Å². The molecule has 0 aliphatic rings. The van der Waals surface area contributed by atoms with Crippen LogP contribution in [0.15, 0.2) is 18.2 Å². The highest BCUT2D eigenvalue weighted by Gasteiger charge is 1.96. The minimum absolute atomic E-state index is 0.808. The Morgan fingerprint density at radius 2 is 1.92 bits per heavy atom. The molecule has 0 saturated carbocycles. The molecule has 0 unspecified atom stereocenters. The van der Waals surface area contributed by atoms with Gasteiger partial charge in [0.25, 0.3) is 0 Å². The van der Waals surface area contributed by atoms with Crippen LogP contribution in [-0.2, 0) is 6.54 Å². The van der Waals surface area contributed by atoms with Crippen LogP contribution in [0, 0.1) is 6.92 Å². The first-order chi connectivity index (χ1) is 6.24. The number of hydrogen-bond acceptors (Lipinski definition) is 1. The van der Waals surface area contributed by atoms with Gasteiger partial charge in [-0.15, -0.1) is 0 Å². The zero-order valence-corrected chi connectivity index (χ0v) is 9.57. The van der Waals surface area contributed by atoms with E-state index in [1.165, 1.54) is 11.1 Å². The molecule has 0 aliphatic heterocycles. The lowest BCUT2D eigenvalue weighted by molar-refractivity contribution is 0.812. The Hall–Kier alpha value is -0.530. The van der Waals surface area contributed by atoms with Crippen LogP contribution in [0.2, 0.25) is 5.02 Å². The molecule has 1 nitrogen and oxygen atoms in total. The van der Waals surface area contributed by atoms with E-state index in [0.717, 1.165) is 11.6 Å². The summed E-state index contributed by atoms with van der Waals surface area (Å²) in [5.74, 6) is 0. The van der Waals surface area contributed by atoms with Crippen molar-refractivity contribution < 1.29 is 0 Å². The molecule has 0 aromatic heterocycles. The number of rotatable bonds is 2. The largest absolute Gasteiger partial charge is 0.316 e. The molecular weight excluding hydrogens is 182 g/mol. The maximum absolute atomic E-state index is 5.80. The summed E-state index contributed by atoms with van der Waals surface area (Å²) in [6, 6.07) is 5.95. The highest BCUT2D eigenvalue weighted by atomic mass is 35.5. The maximum Gasteiger partial charge on any atom is 0.0408 e. The van der Waals surface area contributed by atoms with Crippen molar-refractivity contribution in [3.8, 4) is 0 Å². The van der Waals surface area contributed by atoms with Crippen LogP contribution in [-0.4, -0.2) is 7.05 Å². The molecule has 0 radical (unpaired) electrons. The molecular formula is C11H18ClN. The molecule has 2 heteroatoms. The standard InChI is InChI=1S/C9H12ClN.C2H6/c1-7-5-9(10)4-3-8(7)6-11-2;1-2/h3-5,11H,6H2,1-2H3;1-2H3. The highest BCUT2D eigenvalue weighted by molar-refractivity contribution is 6.30. The SMILES string of the molecule is CC.CNCc1ccc(Cl)cc1C. The molecule has 0 amide bonds. The van der Waals surface area contributed by atoms with Crippen molar-refractivity contribution in [3.05, 3.63) is 34.3 Å². The fraction of sp³-hybridized carbons (Fsp3) is 0.455. The molecule has 1 N–H and O–H groups in total. The van der Waals surface area contributed by atoms with Gasteiger partial charge in [0, 0.05) is 11.6 Å². The molecule has 0 heterocycles. The topological polar surface area (TPSA) is 12.0 Å². The second-order valence-electron chi connectivity index (χ2n) is 2.60. The fourth-order valence-electron chi connectivity index (χ4n) is 1.05. The second kappa shape index (κ2) is 6.93. The lowest BCUT2D eigenvalue weighted by atomic mass is 10.1. The molecule has 0 saturated heterocycles. The van der Waals surface area contributed by atoms with Crippen molar-refractivity contribution in [1.29, 1.82) is 0 Å². The Bertz CT molecular complexity index is 246. The van der Waals surface area contributed by atoms with Gasteiger partial charge in [-0.2, -0.15) is 0 Å². The highest BCUT2D eigenvalue weighted by Crippen LogP contribution is 2.14. The number of halogens is 1. The number of nitrogens with one attached hydrogen (secondary N) is 1. The number of hydrogen-bond donors (Lipinski definition) is 1. The quantitative estimate of drug-likeness (QED) is 0.770. The third kappa shape index (κ3) is 4.30. The second-order valence-corrected chi connectivity index (χ2v) is 3.04. The predicted molar refractivity (Wildman–Crippen MR) is 60.3 cm³/mol. The van der Waals surface area contributed by atoms with E-state index in [4.69, 9.17) is 11.6 Å². The van der Waals surface area contributed by atoms with E-state index in [0.29, 0.717) is 0 Å². The van der Waals surface area contributed by atoms with Gasteiger partial charge in [0.05, 0.1) is 0 Å². The smallest absolute Gasteiger partial charge is 0.0408 e. The van der Waals surface area contributed by atoms with Crippen molar-refractivity contribution in [1.82, 2.24) is 5.32 Å². The zero-order chi connectivity index (χ0) is 10.3. The first-order valence-corrected chi connectivity index (χ1v) is 5.01. The minimum Gasteiger partial charge on any atom is -0.316 e. The summed E-state index contributed by atoms with van der Waals surface area (Å²) in [4.78, 5) is 0. The zero-order valence-electron chi connectivity index (χ0n) is 8.82. The Balaban J connectivity index is 0.000000671. The lowest BCUT2D eigenvalue weighted by Gasteiger charge is -2.04. The molecule has 0 atom stereocenters. The summed E-state index contributed by atoms with van der Waals surface area (Å²) in [5.41, 5.74) is 2.55. The first kappa shape index (κ1) is 12.5. The molecule has 1 rings (SSSR count). The van der Waals surface area contributed by atoms with Gasteiger partial charge in [0.2, 0.25) is 0 Å². The average molecular weight is 200 g/mol. The van der Waals surface area contributed by atoms with Crippen LogP contribution < -0.4 is 5.32 Å². The van der Waals surface area contributed by atoms with E-state index in [1.54, 1.807) is 0 Å². The Labute approximate surface area is 86.1 Å². The summed E-state index contributed by atoms with van der Waals surface area (Å²) < 4.78 is 0. The minimum atomic E-state index is 0.808. The van der Waals surface area contributed by atoms with E-state index in [2.05, 4.69) is 12.2 Å². The van der Waals surface area contributed by atoms with Crippen LogP contribution in [0.3, 0.4) is 0 Å². The van der Waals surface area contributed by atoms with Gasteiger partial charge < -0.3 is 5.32 Å². The van der Waals surface area contributed by atoms with E-state index < -0.39 is 0 Å². The van der Waals surface area contributed by atoms with Gasteiger partial charge in [-0.3, -0.25) is 0 Å². The lowest BCUT2D eigenvalue weighted by Crippen LogP contribution is -2.06. The summed E-state index contributed by atoms with van der Waals surface area (Å²) in [5, 5.41) is 3.91. The summed E-state index contributed by atoms with van der Waals surface area (Å²) in [6.07, 6.45) is 0. The number of aryl methyl sites for hydroxylation is 1. The van der Waals surface area contributed by atoms with Crippen molar-refractivity contribution in [2.45, 2.75) is 27.3 Å². The van der Waals surface area contributed by atoms with Crippen molar-refractivity contribution >= 4 is 11.6 Å². The molecule has 0 aliphatic carbocycles.